The zero-order valence-electron chi connectivity index (χ0n) is 3.15. The normalized spacial score (nSPS) is 6.83. The summed E-state index contributed by atoms with van der Waals surface area (Å²) >= 11 is 0. The van der Waals surface area contributed by atoms with Crippen molar-refractivity contribution in [2.24, 2.45) is 4.99 Å². The summed E-state index contributed by atoms with van der Waals surface area (Å²) in [7, 11) is 0. The van der Waals surface area contributed by atoms with Gasteiger partial charge in [0.25, 0.3) is 0 Å². The molecule has 0 radical (unpaired) electrons. The summed E-state index contributed by atoms with van der Waals surface area (Å²) in [5, 5.41) is 0. The number of nitrogens with zero attached hydrogens (tertiary/aromatic N) is 1. The fraction of sp³-hybridized carbons (Fsp3) is 0.667. The number of hydrogen-bond donors (Lipinski definition) is 0. The molecule has 0 unspecified atom stereocenters. The second-order valence-corrected chi connectivity index (χ2v) is 0.662. The number of rotatable bonds is 2. The molecule has 6 heavy (non-hydrogen) atoms. The van der Waals surface area contributed by atoms with Crippen molar-refractivity contribution in [1.29, 1.82) is 0 Å². The van der Waals surface area contributed by atoms with Gasteiger partial charge >= 0.3 is 0 Å². The first-order chi connectivity index (χ1) is 2.91. The molecule has 0 N–H and O–H groups in total. The Hall–Kier alpha value is -0.690. The lowest BCUT2D eigenvalue weighted by Crippen LogP contribution is -1.76. The quantitative estimate of drug-likeness (QED) is 0.353. The largest absolute Gasteiger partial charge is 0.249 e. The molecule has 34 valence electrons. The van der Waals surface area contributed by atoms with Gasteiger partial charge < -0.3 is 0 Å². The van der Waals surface area contributed by atoms with E-state index in [0.29, 0.717) is 0 Å². The van der Waals surface area contributed by atoms with Gasteiger partial charge in [0.15, 0.2) is 0 Å². The molecule has 0 heterocycles. The van der Waals surface area contributed by atoms with Gasteiger partial charge in [0.2, 0.25) is 6.08 Å². The van der Waals surface area contributed by atoms with Gasteiger partial charge in [-0.2, -0.15) is 0 Å². The molecule has 2 nitrogen and oxygen atoms in total. The van der Waals surface area contributed by atoms with Gasteiger partial charge in [-0.25, -0.2) is 14.2 Å². The molecule has 0 aliphatic heterocycles. The number of hydrogen-bond acceptors (Lipinski definition) is 2. The average molecular weight is 89.1 g/mol. The number of isocyanates is 1. The van der Waals surface area contributed by atoms with Crippen LogP contribution in [-0.2, 0) is 4.79 Å². The smallest absolute Gasteiger partial charge is 0.235 e. The second kappa shape index (κ2) is 4.31. The van der Waals surface area contributed by atoms with Crippen LogP contribution in [0.5, 0.6) is 0 Å². The molecule has 0 saturated carbocycles. The van der Waals surface area contributed by atoms with E-state index in [1.165, 1.54) is 6.08 Å². The van der Waals surface area contributed by atoms with Crippen LogP contribution in [-0.4, -0.2) is 19.3 Å². The van der Waals surface area contributed by atoms with E-state index in [9.17, 15) is 4.39 Å². The van der Waals surface area contributed by atoms with Crippen molar-refractivity contribution in [3.05, 3.63) is 0 Å². The van der Waals surface area contributed by atoms with Gasteiger partial charge in [-0.1, -0.05) is 0 Å². The monoisotopic (exact) mass is 89.0 g/mol. The zero-order chi connectivity index (χ0) is 4.83. The summed E-state index contributed by atoms with van der Waals surface area (Å²) in [6, 6.07) is 0. The summed E-state index contributed by atoms with van der Waals surface area (Å²) in [6.45, 7) is -0.626. The molecule has 0 spiro atoms. The lowest BCUT2D eigenvalue weighted by atomic mass is 10.8. The molecule has 0 aromatic rings. The Morgan fingerprint density at radius 2 is 2.50 bits per heavy atom. The molecule has 0 aromatic carbocycles. The predicted octanol–water partition coefficient (Wildman–Crippen LogP) is 0.292. The van der Waals surface area contributed by atoms with Crippen molar-refractivity contribution in [1.82, 2.24) is 0 Å². The third-order valence-corrected chi connectivity index (χ3v) is 0.261. The summed E-state index contributed by atoms with van der Waals surface area (Å²) in [6.07, 6.45) is 1.20. The number of aliphatic imine (C=N–C) groups is 1. The van der Waals surface area contributed by atoms with E-state index in [2.05, 4.69) is 4.99 Å². The fourth-order valence-corrected chi connectivity index (χ4v) is 0.0879. The number of carbonyl (C=O) groups excluding carboxylic acids is 1. The summed E-state index contributed by atoms with van der Waals surface area (Å²) < 4.78 is 10.9. The first kappa shape index (κ1) is 5.31. The van der Waals surface area contributed by atoms with Crippen molar-refractivity contribution >= 4 is 6.08 Å². The molecule has 0 aromatic heterocycles. The van der Waals surface area contributed by atoms with E-state index in [4.69, 9.17) is 4.79 Å². The fourth-order valence-electron chi connectivity index (χ4n) is 0.0879. The third-order valence-electron chi connectivity index (χ3n) is 0.261. The lowest BCUT2D eigenvalue weighted by Gasteiger charge is -1.69. The highest BCUT2D eigenvalue weighted by Gasteiger charge is 1.69. The minimum atomic E-state index is -0.574. The zero-order valence-corrected chi connectivity index (χ0v) is 3.15. The average Bonchev–Trinajstić information content (AvgIpc) is 1.61. The Bertz CT molecular complexity index is 67.2. The van der Waals surface area contributed by atoms with Gasteiger partial charge in [0.05, 0.1) is 6.54 Å². The predicted molar refractivity (Wildman–Crippen MR) is 19.0 cm³/mol. The van der Waals surface area contributed by atoms with Crippen molar-refractivity contribution in [3.63, 3.8) is 0 Å². The van der Waals surface area contributed by atoms with Crippen molar-refractivity contribution in [2.45, 2.75) is 0 Å². The number of halogens is 1. The van der Waals surface area contributed by atoms with E-state index in [-0.39, 0.29) is 6.54 Å². The van der Waals surface area contributed by atoms with Crippen LogP contribution in [0, 0.1) is 0 Å². The van der Waals surface area contributed by atoms with E-state index in [0.717, 1.165) is 0 Å². The Balaban J connectivity index is 2.86. The maximum Gasteiger partial charge on any atom is 0.235 e. The van der Waals surface area contributed by atoms with Crippen LogP contribution in [0.25, 0.3) is 0 Å². The topological polar surface area (TPSA) is 29.4 Å². The van der Waals surface area contributed by atoms with Crippen LogP contribution in [0.4, 0.5) is 4.39 Å². The molecule has 0 atom stereocenters. The number of alkyl halides is 1. The summed E-state index contributed by atoms with van der Waals surface area (Å²) in [5.74, 6) is 0. The lowest BCUT2D eigenvalue weighted by molar-refractivity contribution is 0.501. The van der Waals surface area contributed by atoms with E-state index in [1.807, 2.05) is 0 Å². The van der Waals surface area contributed by atoms with E-state index in [1.54, 1.807) is 0 Å². The minimum absolute atomic E-state index is 0.0521. The summed E-state index contributed by atoms with van der Waals surface area (Å²) in [5.41, 5.74) is 0. The molecule has 0 bridgehead atoms. The molecular weight excluding hydrogens is 85.0 g/mol. The van der Waals surface area contributed by atoms with Crippen LogP contribution < -0.4 is 0 Å². The first-order valence-corrected chi connectivity index (χ1v) is 1.51. The van der Waals surface area contributed by atoms with Crippen LogP contribution >= 0.6 is 0 Å². The molecule has 0 amide bonds. The van der Waals surface area contributed by atoms with Crippen LogP contribution in [0.15, 0.2) is 4.99 Å². The third kappa shape index (κ3) is 3.31. The standard InChI is InChI=1S/C3H4FNO/c4-1-2-5-3-6/h1-2H2. The second-order valence-electron chi connectivity index (χ2n) is 0.662. The molecule has 0 aliphatic rings. The van der Waals surface area contributed by atoms with E-state index < -0.39 is 6.67 Å². The van der Waals surface area contributed by atoms with Gasteiger partial charge in [-0.05, 0) is 0 Å². The summed E-state index contributed by atoms with van der Waals surface area (Å²) in [4.78, 5) is 12.0. The van der Waals surface area contributed by atoms with E-state index >= 15 is 0 Å². The van der Waals surface area contributed by atoms with Gasteiger partial charge in [0, 0.05) is 0 Å². The minimum Gasteiger partial charge on any atom is -0.249 e. The molecule has 0 aliphatic carbocycles. The van der Waals surface area contributed by atoms with Crippen LogP contribution in [0.2, 0.25) is 0 Å². The molecule has 0 saturated heterocycles. The molecule has 0 rings (SSSR count). The maximum atomic E-state index is 10.9. The van der Waals surface area contributed by atoms with Gasteiger partial charge in [-0.3, -0.25) is 0 Å². The van der Waals surface area contributed by atoms with Crippen LogP contribution in [0.3, 0.4) is 0 Å². The Morgan fingerprint density at radius 1 is 1.83 bits per heavy atom. The molecule has 3 heteroatoms. The van der Waals surface area contributed by atoms with Gasteiger partial charge in [0.1, 0.15) is 6.67 Å². The SMILES string of the molecule is O=C=NCCF. The first-order valence-electron chi connectivity index (χ1n) is 1.51. The maximum absolute atomic E-state index is 10.9. The Kier molecular flexibility index (Phi) is 3.81. The van der Waals surface area contributed by atoms with Crippen LogP contribution in [0.1, 0.15) is 0 Å². The molecular formula is C3H4FNO. The highest BCUT2D eigenvalue weighted by atomic mass is 19.1. The Labute approximate surface area is 34.7 Å². The Morgan fingerprint density at radius 3 is 2.67 bits per heavy atom. The van der Waals surface area contributed by atoms with Crippen molar-refractivity contribution < 1.29 is 9.18 Å². The van der Waals surface area contributed by atoms with Crippen molar-refractivity contribution in [3.8, 4) is 0 Å². The molecule has 0 fully saturated rings. The highest BCUT2D eigenvalue weighted by Crippen LogP contribution is 1.64. The van der Waals surface area contributed by atoms with Gasteiger partial charge in [-0.15, -0.1) is 0 Å². The van der Waals surface area contributed by atoms with Crippen molar-refractivity contribution in [2.75, 3.05) is 13.2 Å². The highest BCUT2D eigenvalue weighted by molar-refractivity contribution is 5.32.